The quantitative estimate of drug-likeness (QED) is 0.280. The number of halogens is 3. The van der Waals surface area contributed by atoms with E-state index in [1.807, 2.05) is 0 Å². The van der Waals surface area contributed by atoms with Crippen molar-refractivity contribution in [3.8, 4) is 0 Å². The normalized spacial score (nSPS) is 20.3. The largest absolute Gasteiger partial charge is 0.481 e. The number of thioether (sulfide) groups is 3. The predicted octanol–water partition coefficient (Wildman–Crippen LogP) is 0.231. The third kappa shape index (κ3) is 6.11. The summed E-state index contributed by atoms with van der Waals surface area (Å²) >= 11 is 1.70. The SMILES string of the molecule is O=C(O)CCn1nnnc1SCC1=C(C(=O)O)N2C(=O)C(NC(=O)CSC(F)(F)F)[C@H]2SC1. The van der Waals surface area contributed by atoms with Gasteiger partial charge in [0.15, 0.2) is 0 Å². The van der Waals surface area contributed by atoms with Crippen LogP contribution in [0, 0.1) is 0 Å². The number of hydrogen-bond donors (Lipinski definition) is 3. The Hall–Kier alpha value is -2.47. The van der Waals surface area contributed by atoms with E-state index in [1.165, 1.54) is 16.4 Å². The summed E-state index contributed by atoms with van der Waals surface area (Å²) in [5, 5.41) is 31.1. The number of fused-ring (bicyclic) bond motifs is 1. The van der Waals surface area contributed by atoms with E-state index in [0.717, 1.165) is 16.7 Å². The second-order valence-electron chi connectivity index (χ2n) is 6.56. The van der Waals surface area contributed by atoms with Crippen molar-refractivity contribution in [2.75, 3.05) is 17.3 Å². The van der Waals surface area contributed by atoms with Crippen LogP contribution in [0.2, 0.25) is 0 Å². The van der Waals surface area contributed by atoms with Crippen molar-refractivity contribution in [2.24, 2.45) is 0 Å². The van der Waals surface area contributed by atoms with Crippen LogP contribution in [0.15, 0.2) is 16.4 Å². The Balaban J connectivity index is 1.65. The Labute approximate surface area is 195 Å². The van der Waals surface area contributed by atoms with Gasteiger partial charge >= 0.3 is 17.4 Å². The highest BCUT2D eigenvalue weighted by Gasteiger charge is 2.54. The number of aryl methyl sites for hydroxylation is 1. The van der Waals surface area contributed by atoms with Crippen molar-refractivity contribution in [1.29, 1.82) is 0 Å². The number of nitrogens with one attached hydrogen (secondary N) is 1. The van der Waals surface area contributed by atoms with E-state index < -0.39 is 58.2 Å². The highest BCUT2D eigenvalue weighted by Crippen LogP contribution is 2.41. The van der Waals surface area contributed by atoms with Gasteiger partial charge < -0.3 is 15.5 Å². The average Bonchev–Trinajstić information content (AvgIpc) is 3.19. The van der Waals surface area contributed by atoms with Gasteiger partial charge in [-0.25, -0.2) is 9.48 Å². The summed E-state index contributed by atoms with van der Waals surface area (Å²) in [6.45, 7) is 0.0188. The number of carbonyl (C=O) groups is 4. The number of aromatic nitrogens is 4. The molecule has 1 unspecified atom stereocenters. The minimum absolute atomic E-state index is 0.0188. The number of nitrogens with zero attached hydrogens (tertiary/aromatic N) is 5. The van der Waals surface area contributed by atoms with Gasteiger partial charge in [-0.1, -0.05) is 11.8 Å². The summed E-state index contributed by atoms with van der Waals surface area (Å²) in [6.07, 6.45) is -0.212. The first-order chi connectivity index (χ1) is 15.5. The van der Waals surface area contributed by atoms with Crippen LogP contribution in [0.5, 0.6) is 0 Å². The molecule has 0 radical (unpaired) electrons. The lowest BCUT2D eigenvalue weighted by atomic mass is 10.0. The Morgan fingerprint density at radius 2 is 2.00 bits per heavy atom. The van der Waals surface area contributed by atoms with E-state index in [0.29, 0.717) is 5.57 Å². The van der Waals surface area contributed by atoms with Crippen molar-refractivity contribution in [1.82, 2.24) is 30.4 Å². The van der Waals surface area contributed by atoms with Crippen LogP contribution in [-0.2, 0) is 25.7 Å². The molecule has 0 aliphatic carbocycles. The molecule has 1 aromatic rings. The lowest BCUT2D eigenvalue weighted by molar-refractivity contribution is -0.150. The Kier molecular flexibility index (Phi) is 7.78. The van der Waals surface area contributed by atoms with Gasteiger partial charge in [0.1, 0.15) is 17.1 Å². The second kappa shape index (κ2) is 10.2. The number of tetrazole rings is 1. The molecule has 3 N–H and O–H groups in total. The average molecular weight is 529 g/mol. The highest BCUT2D eigenvalue weighted by molar-refractivity contribution is 8.01. The first-order valence-corrected chi connectivity index (χ1v) is 12.0. The van der Waals surface area contributed by atoms with E-state index >= 15 is 0 Å². The summed E-state index contributed by atoms with van der Waals surface area (Å²) in [5.41, 5.74) is -4.48. The zero-order valence-electron chi connectivity index (χ0n) is 16.3. The molecule has 3 rings (SSSR count). The summed E-state index contributed by atoms with van der Waals surface area (Å²) in [4.78, 5) is 47.8. The van der Waals surface area contributed by atoms with Gasteiger partial charge in [-0.3, -0.25) is 19.3 Å². The Bertz CT molecular complexity index is 1000. The minimum atomic E-state index is -4.59. The van der Waals surface area contributed by atoms with Crippen molar-refractivity contribution in [3.63, 3.8) is 0 Å². The highest BCUT2D eigenvalue weighted by atomic mass is 32.2. The van der Waals surface area contributed by atoms with Crippen LogP contribution in [0.25, 0.3) is 0 Å². The molecule has 2 amide bonds. The lowest BCUT2D eigenvalue weighted by Crippen LogP contribution is -2.70. The van der Waals surface area contributed by atoms with Crippen molar-refractivity contribution in [2.45, 2.75) is 35.0 Å². The molecule has 0 spiro atoms. The van der Waals surface area contributed by atoms with Crippen LogP contribution < -0.4 is 5.32 Å². The first kappa shape index (κ1) is 25.2. The number of carboxylic acids is 2. The van der Waals surface area contributed by atoms with Crippen molar-refractivity contribution in [3.05, 3.63) is 11.3 Å². The molecule has 18 heteroatoms. The van der Waals surface area contributed by atoms with Crippen LogP contribution in [0.3, 0.4) is 0 Å². The molecule has 2 aliphatic heterocycles. The monoisotopic (exact) mass is 528 g/mol. The maximum atomic E-state index is 12.5. The van der Waals surface area contributed by atoms with Crippen molar-refractivity contribution < 1.29 is 42.6 Å². The molecule has 12 nitrogen and oxygen atoms in total. The van der Waals surface area contributed by atoms with Gasteiger partial charge in [-0.2, -0.15) is 13.2 Å². The van der Waals surface area contributed by atoms with E-state index in [2.05, 4.69) is 20.8 Å². The van der Waals surface area contributed by atoms with Gasteiger partial charge in [-0.15, -0.1) is 16.9 Å². The number of carboxylic acid groups (broad SMARTS) is 2. The van der Waals surface area contributed by atoms with Gasteiger partial charge in [0.2, 0.25) is 11.1 Å². The molecular weight excluding hydrogens is 513 g/mol. The number of rotatable bonds is 10. The molecule has 1 saturated heterocycles. The molecular formula is C15H15F3N6O6S3. The van der Waals surface area contributed by atoms with Crippen molar-refractivity contribution >= 4 is 59.0 Å². The van der Waals surface area contributed by atoms with E-state index in [1.54, 1.807) is 0 Å². The number of aliphatic carboxylic acids is 2. The molecule has 0 bridgehead atoms. The Morgan fingerprint density at radius 3 is 2.64 bits per heavy atom. The molecule has 1 fully saturated rings. The predicted molar refractivity (Wildman–Crippen MR) is 109 cm³/mol. The van der Waals surface area contributed by atoms with E-state index in [-0.39, 0.29) is 35.3 Å². The van der Waals surface area contributed by atoms with E-state index in [4.69, 9.17) is 5.11 Å². The maximum Gasteiger partial charge on any atom is 0.442 e. The summed E-state index contributed by atoms with van der Waals surface area (Å²) in [5.74, 6) is -4.75. The maximum absolute atomic E-state index is 12.5. The second-order valence-corrected chi connectivity index (χ2v) is 9.65. The number of β-lactam (4-membered cyclic amide) rings is 1. The smallest absolute Gasteiger partial charge is 0.442 e. The fourth-order valence-corrected chi connectivity index (χ4v) is 5.72. The minimum Gasteiger partial charge on any atom is -0.481 e. The molecule has 2 aliphatic rings. The summed E-state index contributed by atoms with van der Waals surface area (Å²) in [6, 6.07) is -1.12. The van der Waals surface area contributed by atoms with Crippen LogP contribution in [0.4, 0.5) is 13.2 Å². The zero-order valence-corrected chi connectivity index (χ0v) is 18.8. The zero-order chi connectivity index (χ0) is 24.3. The van der Waals surface area contributed by atoms with Crippen LogP contribution in [-0.4, -0.2) is 93.3 Å². The molecule has 180 valence electrons. The lowest BCUT2D eigenvalue weighted by Gasteiger charge is -2.49. The van der Waals surface area contributed by atoms with Gasteiger partial charge in [0.25, 0.3) is 5.91 Å². The van der Waals surface area contributed by atoms with Gasteiger partial charge in [0.05, 0.1) is 18.7 Å². The molecule has 3 heterocycles. The Morgan fingerprint density at radius 1 is 1.27 bits per heavy atom. The number of carbonyl (C=O) groups excluding carboxylic acids is 2. The van der Waals surface area contributed by atoms with Crippen LogP contribution in [0.1, 0.15) is 6.42 Å². The molecule has 33 heavy (non-hydrogen) atoms. The van der Waals surface area contributed by atoms with Gasteiger partial charge in [0, 0.05) is 11.5 Å². The summed E-state index contributed by atoms with van der Waals surface area (Å²) < 4.78 is 38.0. The third-order valence-electron chi connectivity index (χ3n) is 4.35. The summed E-state index contributed by atoms with van der Waals surface area (Å²) in [7, 11) is 0. The molecule has 2 atom stereocenters. The number of hydrogen-bond acceptors (Lipinski definition) is 10. The number of alkyl halides is 3. The third-order valence-corrected chi connectivity index (χ3v) is 7.46. The fraction of sp³-hybridized carbons (Fsp3) is 0.533. The number of amides is 2. The topological polar surface area (TPSA) is 168 Å². The van der Waals surface area contributed by atoms with E-state index in [9.17, 15) is 37.5 Å². The van der Waals surface area contributed by atoms with Gasteiger partial charge in [-0.05, 0) is 27.8 Å². The van der Waals surface area contributed by atoms with Crippen LogP contribution >= 0.6 is 35.3 Å². The molecule has 0 saturated carbocycles. The molecule has 1 aromatic heterocycles. The first-order valence-electron chi connectivity index (χ1n) is 8.98. The standard InChI is InChI=1S/C15H15F3N6O6S3/c16-15(17,18)33-5-7(25)19-9-11(28)24-10(13(29)30)6(3-31-12(9)24)4-32-14-20-21-22-23(14)2-1-8(26)27/h9,12H,1-5H2,(H,19,25)(H,26,27)(H,29,30)/t9?,12-/m1/s1. The fourth-order valence-electron chi connectivity index (χ4n) is 2.95. The molecule has 0 aromatic carbocycles.